The first-order valence-corrected chi connectivity index (χ1v) is 9.76. The van der Waals surface area contributed by atoms with E-state index in [0.717, 1.165) is 22.2 Å². The van der Waals surface area contributed by atoms with Crippen molar-refractivity contribution in [1.29, 1.82) is 0 Å². The summed E-state index contributed by atoms with van der Waals surface area (Å²) in [4.78, 5) is 19.1. The van der Waals surface area contributed by atoms with Crippen molar-refractivity contribution in [3.8, 4) is 0 Å². The van der Waals surface area contributed by atoms with Crippen molar-refractivity contribution in [3.63, 3.8) is 0 Å². The number of rotatable bonds is 3. The minimum absolute atomic E-state index is 0.0122. The smallest absolute Gasteiger partial charge is 0.227 e. The number of pyridine rings is 1. The highest BCUT2D eigenvalue weighted by atomic mass is 35.5. The van der Waals surface area contributed by atoms with Gasteiger partial charge in [-0.05, 0) is 50.1 Å². The van der Waals surface area contributed by atoms with Gasteiger partial charge in [-0.2, -0.15) is 0 Å². The lowest BCUT2D eigenvalue weighted by molar-refractivity contribution is -0.120. The average Bonchev–Trinajstić information content (AvgIpc) is 2.69. The van der Waals surface area contributed by atoms with Crippen molar-refractivity contribution in [2.75, 3.05) is 23.3 Å². The summed E-state index contributed by atoms with van der Waals surface area (Å²) in [6.07, 6.45) is 3.12. The SMILES string of the molecule is Cc1nccc2c(NC(=O)C3CCN(c4ccc(Cl)cc4F)CC3)cccc12. The lowest BCUT2D eigenvalue weighted by atomic mass is 9.95. The second-order valence-corrected chi connectivity index (χ2v) is 7.58. The summed E-state index contributed by atoms with van der Waals surface area (Å²) in [6, 6.07) is 12.5. The van der Waals surface area contributed by atoms with Crippen molar-refractivity contribution in [2.45, 2.75) is 19.8 Å². The van der Waals surface area contributed by atoms with E-state index in [1.54, 1.807) is 18.3 Å². The van der Waals surface area contributed by atoms with E-state index in [0.29, 0.717) is 36.6 Å². The van der Waals surface area contributed by atoms with Gasteiger partial charge in [-0.1, -0.05) is 23.7 Å². The number of amides is 1. The van der Waals surface area contributed by atoms with E-state index < -0.39 is 0 Å². The highest BCUT2D eigenvalue weighted by Crippen LogP contribution is 2.29. The molecule has 2 heterocycles. The summed E-state index contributed by atoms with van der Waals surface area (Å²) in [5.41, 5.74) is 2.28. The number of halogens is 2. The minimum atomic E-state index is -0.324. The molecule has 6 heteroatoms. The Morgan fingerprint density at radius 2 is 1.96 bits per heavy atom. The van der Waals surface area contributed by atoms with E-state index >= 15 is 0 Å². The van der Waals surface area contributed by atoms with Crippen LogP contribution < -0.4 is 10.2 Å². The molecule has 0 spiro atoms. The number of anilines is 2. The molecule has 4 nitrogen and oxygen atoms in total. The van der Waals surface area contributed by atoms with Crippen LogP contribution in [0.2, 0.25) is 5.02 Å². The standard InChI is InChI=1S/C22H21ClFN3O/c1-14-17-3-2-4-20(18(17)7-10-25-14)26-22(28)15-8-11-27(12-9-15)21-6-5-16(23)13-19(21)24/h2-7,10,13,15H,8-9,11-12H2,1H3,(H,26,28). The maximum absolute atomic E-state index is 14.1. The molecule has 0 saturated carbocycles. The molecule has 0 unspecified atom stereocenters. The van der Waals surface area contributed by atoms with Gasteiger partial charge in [-0.15, -0.1) is 0 Å². The Kier molecular flexibility index (Phi) is 5.18. The van der Waals surface area contributed by atoms with Gasteiger partial charge in [0.2, 0.25) is 5.91 Å². The fourth-order valence-corrected chi connectivity index (χ4v) is 3.98. The molecule has 2 aromatic carbocycles. The molecule has 1 aromatic heterocycles. The summed E-state index contributed by atoms with van der Waals surface area (Å²) < 4.78 is 14.1. The molecule has 0 aliphatic carbocycles. The molecule has 0 bridgehead atoms. The van der Waals surface area contributed by atoms with Crippen molar-refractivity contribution in [2.24, 2.45) is 5.92 Å². The molecule has 0 atom stereocenters. The Bertz CT molecular complexity index is 1030. The highest BCUT2D eigenvalue weighted by molar-refractivity contribution is 6.30. The highest BCUT2D eigenvalue weighted by Gasteiger charge is 2.26. The number of fused-ring (bicyclic) bond motifs is 1. The molecule has 0 radical (unpaired) electrons. The van der Waals surface area contributed by atoms with Crippen molar-refractivity contribution < 1.29 is 9.18 Å². The molecular weight excluding hydrogens is 377 g/mol. The maximum Gasteiger partial charge on any atom is 0.227 e. The van der Waals surface area contributed by atoms with Gasteiger partial charge in [-0.25, -0.2) is 4.39 Å². The van der Waals surface area contributed by atoms with Crippen LogP contribution in [-0.2, 0) is 4.79 Å². The molecule has 1 aliphatic rings. The first kappa shape index (κ1) is 18.7. The molecular formula is C22H21ClFN3O. The molecule has 1 amide bonds. The number of aromatic nitrogens is 1. The van der Waals surface area contributed by atoms with Crippen LogP contribution in [0, 0.1) is 18.7 Å². The van der Waals surface area contributed by atoms with E-state index in [9.17, 15) is 9.18 Å². The summed E-state index contributed by atoms with van der Waals surface area (Å²) >= 11 is 5.83. The van der Waals surface area contributed by atoms with Crippen LogP contribution in [0.15, 0.2) is 48.7 Å². The van der Waals surface area contributed by atoms with Crippen molar-refractivity contribution in [3.05, 3.63) is 65.2 Å². The second kappa shape index (κ2) is 7.76. The largest absolute Gasteiger partial charge is 0.369 e. The maximum atomic E-state index is 14.1. The predicted molar refractivity (Wildman–Crippen MR) is 111 cm³/mol. The van der Waals surface area contributed by atoms with Crippen LogP contribution in [0.5, 0.6) is 0 Å². The number of hydrogen-bond acceptors (Lipinski definition) is 3. The van der Waals surface area contributed by atoms with Gasteiger partial charge >= 0.3 is 0 Å². The molecule has 28 heavy (non-hydrogen) atoms. The fraction of sp³-hybridized carbons (Fsp3) is 0.273. The van der Waals surface area contributed by atoms with Gasteiger partial charge in [0, 0.05) is 52.4 Å². The van der Waals surface area contributed by atoms with Gasteiger partial charge in [0.25, 0.3) is 0 Å². The van der Waals surface area contributed by atoms with Crippen LogP contribution >= 0.6 is 11.6 Å². The zero-order valence-corrected chi connectivity index (χ0v) is 16.3. The average molecular weight is 398 g/mol. The van der Waals surface area contributed by atoms with E-state index in [4.69, 9.17) is 11.6 Å². The Balaban J connectivity index is 1.44. The second-order valence-electron chi connectivity index (χ2n) is 7.14. The quantitative estimate of drug-likeness (QED) is 0.661. The molecule has 3 aromatic rings. The number of aryl methyl sites for hydroxylation is 1. The zero-order chi connectivity index (χ0) is 19.7. The summed E-state index contributed by atoms with van der Waals surface area (Å²) in [6.45, 7) is 3.23. The number of nitrogens with zero attached hydrogens (tertiary/aromatic N) is 2. The number of carbonyl (C=O) groups is 1. The van der Waals surface area contributed by atoms with Gasteiger partial charge in [0.1, 0.15) is 5.82 Å². The number of piperidine rings is 1. The third-order valence-corrected chi connectivity index (χ3v) is 5.61. The topological polar surface area (TPSA) is 45.2 Å². The van der Waals surface area contributed by atoms with Crippen LogP contribution in [-0.4, -0.2) is 24.0 Å². The molecule has 1 saturated heterocycles. The van der Waals surface area contributed by atoms with Gasteiger partial charge in [-0.3, -0.25) is 9.78 Å². The van der Waals surface area contributed by atoms with E-state index in [-0.39, 0.29) is 17.6 Å². The van der Waals surface area contributed by atoms with Gasteiger partial charge < -0.3 is 10.2 Å². The number of hydrogen-bond donors (Lipinski definition) is 1. The Labute approximate surface area is 168 Å². The van der Waals surface area contributed by atoms with E-state index in [1.165, 1.54) is 6.07 Å². The summed E-state index contributed by atoms with van der Waals surface area (Å²) in [5, 5.41) is 5.49. The van der Waals surface area contributed by atoms with E-state index in [2.05, 4.69) is 10.3 Å². The molecule has 1 fully saturated rings. The van der Waals surface area contributed by atoms with Crippen molar-refractivity contribution in [1.82, 2.24) is 4.98 Å². The van der Waals surface area contributed by atoms with Crippen LogP contribution in [0.1, 0.15) is 18.5 Å². The normalized spacial score (nSPS) is 15.0. The van der Waals surface area contributed by atoms with Crippen LogP contribution in [0.25, 0.3) is 10.8 Å². The first-order valence-electron chi connectivity index (χ1n) is 9.38. The number of benzene rings is 2. The van der Waals surface area contributed by atoms with Gasteiger partial charge in [0.15, 0.2) is 0 Å². The number of nitrogens with one attached hydrogen (secondary N) is 1. The molecule has 1 N–H and O–H groups in total. The summed E-state index contributed by atoms with van der Waals surface area (Å²) in [5.74, 6) is -0.405. The fourth-order valence-electron chi connectivity index (χ4n) is 3.82. The lowest BCUT2D eigenvalue weighted by Crippen LogP contribution is -2.38. The third kappa shape index (κ3) is 3.67. The molecule has 1 aliphatic heterocycles. The Morgan fingerprint density at radius 1 is 1.18 bits per heavy atom. The number of carbonyl (C=O) groups excluding carboxylic acids is 1. The zero-order valence-electron chi connectivity index (χ0n) is 15.6. The molecule has 4 rings (SSSR count). The minimum Gasteiger partial charge on any atom is -0.369 e. The van der Waals surface area contributed by atoms with Crippen molar-refractivity contribution >= 4 is 39.7 Å². The lowest BCUT2D eigenvalue weighted by Gasteiger charge is -2.33. The Hall–Kier alpha value is -2.66. The van der Waals surface area contributed by atoms with Crippen LogP contribution in [0.4, 0.5) is 15.8 Å². The molecule has 144 valence electrons. The third-order valence-electron chi connectivity index (χ3n) is 5.38. The Morgan fingerprint density at radius 3 is 2.71 bits per heavy atom. The van der Waals surface area contributed by atoms with Crippen LogP contribution in [0.3, 0.4) is 0 Å². The first-order chi connectivity index (χ1) is 13.5. The van der Waals surface area contributed by atoms with E-state index in [1.807, 2.05) is 36.1 Å². The predicted octanol–water partition coefficient (Wildman–Crippen LogP) is 5.19. The van der Waals surface area contributed by atoms with Gasteiger partial charge in [0.05, 0.1) is 5.69 Å². The summed E-state index contributed by atoms with van der Waals surface area (Å²) in [7, 11) is 0. The monoisotopic (exact) mass is 397 g/mol.